The number of aromatic nitrogens is 3. The summed E-state index contributed by atoms with van der Waals surface area (Å²) in [6.45, 7) is 6.75. The average Bonchev–Trinajstić information content (AvgIpc) is 2.88. The third-order valence-electron chi connectivity index (χ3n) is 2.81. The van der Waals surface area contributed by atoms with Crippen LogP contribution in [0.4, 0.5) is 0 Å². The minimum atomic E-state index is -0.520. The van der Waals surface area contributed by atoms with E-state index in [4.69, 9.17) is 0 Å². The first kappa shape index (κ1) is 13.7. The van der Waals surface area contributed by atoms with Crippen LogP contribution in [0.15, 0.2) is 10.7 Å². The minimum Gasteiger partial charge on any atom is -0.387 e. The van der Waals surface area contributed by atoms with E-state index in [0.29, 0.717) is 6.42 Å². The molecule has 0 spiro atoms. The molecule has 0 aromatic carbocycles. The molecule has 0 saturated heterocycles. The Morgan fingerprint density at radius 3 is 2.78 bits per heavy atom. The summed E-state index contributed by atoms with van der Waals surface area (Å²) in [6.07, 6.45) is 1.78. The number of thiazole rings is 1. The topological polar surface area (TPSA) is 50.9 Å². The van der Waals surface area contributed by atoms with Crippen molar-refractivity contribution in [3.63, 3.8) is 0 Å². The van der Waals surface area contributed by atoms with Gasteiger partial charge in [-0.05, 0) is 36.7 Å². The molecule has 2 aromatic heterocycles. The van der Waals surface area contributed by atoms with Crippen molar-refractivity contribution in [2.75, 3.05) is 0 Å². The van der Waals surface area contributed by atoms with Crippen molar-refractivity contribution in [3.8, 4) is 0 Å². The van der Waals surface area contributed by atoms with Crippen LogP contribution < -0.4 is 0 Å². The largest absolute Gasteiger partial charge is 0.387 e. The van der Waals surface area contributed by atoms with Crippen molar-refractivity contribution in [1.29, 1.82) is 0 Å². The summed E-state index contributed by atoms with van der Waals surface area (Å²) in [5.74, 6) is 0. The lowest BCUT2D eigenvalue weighted by atomic mass is 10.1. The molecule has 0 amide bonds. The summed E-state index contributed by atoms with van der Waals surface area (Å²) in [5.41, 5.74) is 1.99. The Kier molecular flexibility index (Phi) is 4.19. The van der Waals surface area contributed by atoms with Gasteiger partial charge in [0.25, 0.3) is 0 Å². The summed E-state index contributed by atoms with van der Waals surface area (Å²) >= 11 is 5.08. The monoisotopic (exact) mass is 329 g/mol. The number of hydrogen-bond acceptors (Lipinski definition) is 4. The third kappa shape index (κ3) is 2.65. The lowest BCUT2D eigenvalue weighted by molar-refractivity contribution is 0.179. The Hall–Kier alpha value is -0.720. The highest BCUT2D eigenvalue weighted by Gasteiger charge is 2.18. The zero-order chi connectivity index (χ0) is 13.3. The maximum Gasteiger partial charge on any atom is 0.0953 e. The van der Waals surface area contributed by atoms with Gasteiger partial charge in [0, 0.05) is 19.2 Å². The molecule has 2 rings (SSSR count). The Balaban J connectivity index is 2.23. The van der Waals surface area contributed by atoms with Crippen LogP contribution in [0, 0.1) is 13.8 Å². The lowest BCUT2D eigenvalue weighted by Gasteiger charge is -2.10. The summed E-state index contributed by atoms with van der Waals surface area (Å²) in [4.78, 5) is 5.08. The molecule has 1 N–H and O–H groups in total. The van der Waals surface area contributed by atoms with E-state index >= 15 is 0 Å². The molecule has 0 saturated carbocycles. The number of aliphatic hydroxyl groups is 1. The van der Waals surface area contributed by atoms with E-state index in [2.05, 4.69) is 26.0 Å². The first-order chi connectivity index (χ1) is 8.52. The number of halogens is 1. The van der Waals surface area contributed by atoms with Crippen molar-refractivity contribution >= 4 is 27.3 Å². The Bertz CT molecular complexity index is 550. The van der Waals surface area contributed by atoms with Gasteiger partial charge < -0.3 is 5.11 Å². The highest BCUT2D eigenvalue weighted by Crippen LogP contribution is 2.28. The second-order valence-electron chi connectivity index (χ2n) is 4.16. The molecule has 0 aliphatic rings. The molecule has 18 heavy (non-hydrogen) atoms. The van der Waals surface area contributed by atoms with Crippen molar-refractivity contribution in [3.05, 3.63) is 31.9 Å². The highest BCUT2D eigenvalue weighted by molar-refractivity contribution is 9.10. The van der Waals surface area contributed by atoms with E-state index in [0.717, 1.165) is 32.3 Å². The van der Waals surface area contributed by atoms with E-state index in [-0.39, 0.29) is 0 Å². The van der Waals surface area contributed by atoms with E-state index < -0.39 is 6.10 Å². The molecule has 6 heteroatoms. The fourth-order valence-electron chi connectivity index (χ4n) is 1.88. The van der Waals surface area contributed by atoms with Gasteiger partial charge in [0.05, 0.1) is 31.8 Å². The maximum absolute atomic E-state index is 10.2. The van der Waals surface area contributed by atoms with Crippen LogP contribution >= 0.6 is 27.3 Å². The molecule has 98 valence electrons. The zero-order valence-corrected chi connectivity index (χ0v) is 13.0. The Labute approximate surface area is 119 Å². The smallest absolute Gasteiger partial charge is 0.0953 e. The van der Waals surface area contributed by atoms with Crippen LogP contribution in [0.3, 0.4) is 0 Å². The van der Waals surface area contributed by atoms with Crippen LogP contribution in [-0.4, -0.2) is 19.9 Å². The molecule has 1 atom stereocenters. The molecule has 0 fully saturated rings. The molecule has 0 aliphatic heterocycles. The van der Waals surface area contributed by atoms with Crippen LogP contribution in [0.1, 0.15) is 34.3 Å². The fraction of sp³-hybridized carbons (Fsp3) is 0.500. The van der Waals surface area contributed by atoms with Crippen LogP contribution in [0.25, 0.3) is 0 Å². The summed E-state index contributed by atoms with van der Waals surface area (Å²) in [6, 6.07) is 0. The van der Waals surface area contributed by atoms with Gasteiger partial charge in [0.1, 0.15) is 0 Å². The van der Waals surface area contributed by atoms with Gasteiger partial charge in [-0.25, -0.2) is 4.98 Å². The van der Waals surface area contributed by atoms with Gasteiger partial charge in [-0.15, -0.1) is 11.3 Å². The van der Waals surface area contributed by atoms with Crippen molar-refractivity contribution in [2.24, 2.45) is 0 Å². The molecule has 0 bridgehead atoms. The van der Waals surface area contributed by atoms with Crippen LogP contribution in [0.2, 0.25) is 0 Å². The lowest BCUT2D eigenvalue weighted by Crippen LogP contribution is -2.08. The average molecular weight is 330 g/mol. The molecule has 1 unspecified atom stereocenters. The number of aryl methyl sites for hydroxylation is 3. The second-order valence-corrected chi connectivity index (χ2v) is 6.22. The first-order valence-corrected chi connectivity index (χ1v) is 7.46. The zero-order valence-electron chi connectivity index (χ0n) is 10.6. The number of aliphatic hydroxyl groups excluding tert-OH is 1. The Morgan fingerprint density at radius 1 is 1.50 bits per heavy atom. The standard InChI is InChI=1S/C12H16BrN3OS/c1-4-16-9(12(13)7(2)15-16)5-10(17)11-6-14-8(3)18-11/h6,10,17H,4-5H2,1-3H3. The molecule has 0 aliphatic carbocycles. The van der Waals surface area contributed by atoms with Crippen molar-refractivity contribution in [2.45, 2.75) is 39.8 Å². The number of nitrogens with zero attached hydrogens (tertiary/aromatic N) is 3. The van der Waals surface area contributed by atoms with Gasteiger partial charge in [-0.1, -0.05) is 0 Å². The number of hydrogen-bond donors (Lipinski definition) is 1. The van der Waals surface area contributed by atoms with Gasteiger partial charge in [0.2, 0.25) is 0 Å². The Morgan fingerprint density at radius 2 is 2.22 bits per heavy atom. The SMILES string of the molecule is CCn1nc(C)c(Br)c1CC(O)c1cnc(C)s1. The predicted molar refractivity (Wildman–Crippen MR) is 75.9 cm³/mol. The maximum atomic E-state index is 10.2. The minimum absolute atomic E-state index is 0.520. The van der Waals surface area contributed by atoms with Crippen LogP contribution in [0.5, 0.6) is 0 Å². The van der Waals surface area contributed by atoms with Gasteiger partial charge in [-0.2, -0.15) is 5.10 Å². The third-order valence-corrected chi connectivity index (χ3v) is 4.85. The molecule has 0 radical (unpaired) electrons. The van der Waals surface area contributed by atoms with Crippen molar-refractivity contribution in [1.82, 2.24) is 14.8 Å². The van der Waals surface area contributed by atoms with E-state index in [9.17, 15) is 5.11 Å². The molecular formula is C12H16BrN3OS. The quantitative estimate of drug-likeness (QED) is 0.937. The van der Waals surface area contributed by atoms with Gasteiger partial charge >= 0.3 is 0 Å². The van der Waals surface area contributed by atoms with Crippen LogP contribution in [-0.2, 0) is 13.0 Å². The first-order valence-electron chi connectivity index (χ1n) is 5.85. The van der Waals surface area contributed by atoms with Gasteiger partial charge in [0.15, 0.2) is 0 Å². The molecule has 2 aromatic rings. The normalized spacial score (nSPS) is 12.9. The summed E-state index contributed by atoms with van der Waals surface area (Å²) in [5, 5.41) is 15.7. The number of rotatable bonds is 4. The second kappa shape index (κ2) is 5.50. The fourth-order valence-corrected chi connectivity index (χ4v) is 3.10. The van der Waals surface area contributed by atoms with Gasteiger partial charge in [-0.3, -0.25) is 4.68 Å². The molecule has 2 heterocycles. The predicted octanol–water partition coefficient (Wildman–Crippen LogP) is 3.01. The van der Waals surface area contributed by atoms with E-state index in [1.165, 1.54) is 11.3 Å². The summed E-state index contributed by atoms with van der Waals surface area (Å²) in [7, 11) is 0. The van der Waals surface area contributed by atoms with E-state index in [1.54, 1.807) is 6.20 Å². The highest BCUT2D eigenvalue weighted by atomic mass is 79.9. The molecular weight excluding hydrogens is 314 g/mol. The summed E-state index contributed by atoms with van der Waals surface area (Å²) < 4.78 is 2.92. The van der Waals surface area contributed by atoms with Crippen molar-refractivity contribution < 1.29 is 5.11 Å². The van der Waals surface area contributed by atoms with E-state index in [1.807, 2.05) is 25.5 Å². The molecule has 4 nitrogen and oxygen atoms in total.